The van der Waals surface area contributed by atoms with Gasteiger partial charge in [0.2, 0.25) is 5.91 Å². The summed E-state index contributed by atoms with van der Waals surface area (Å²) in [5.41, 5.74) is 3.57. The van der Waals surface area contributed by atoms with E-state index in [2.05, 4.69) is 53.6 Å². The van der Waals surface area contributed by atoms with Crippen molar-refractivity contribution in [1.82, 2.24) is 14.8 Å². The van der Waals surface area contributed by atoms with Crippen LogP contribution in [0.15, 0.2) is 53.7 Å². The highest BCUT2D eigenvalue weighted by Gasteiger charge is 2.15. The van der Waals surface area contributed by atoms with Crippen molar-refractivity contribution >= 4 is 29.1 Å². The first kappa shape index (κ1) is 21.8. The summed E-state index contributed by atoms with van der Waals surface area (Å²) in [6.45, 7) is 8.60. The molecule has 0 atom stereocenters. The molecule has 0 aliphatic carbocycles. The highest BCUT2D eigenvalue weighted by Crippen LogP contribution is 2.25. The van der Waals surface area contributed by atoms with E-state index in [9.17, 15) is 9.59 Å². The van der Waals surface area contributed by atoms with Gasteiger partial charge in [0.1, 0.15) is 0 Å². The van der Waals surface area contributed by atoms with E-state index in [1.165, 1.54) is 24.2 Å². The normalized spacial score (nSPS) is 11.0. The zero-order chi connectivity index (χ0) is 21.7. The average molecular weight is 423 g/mol. The Kier molecular flexibility index (Phi) is 7.05. The number of hydrogen-bond donors (Lipinski definition) is 1. The summed E-state index contributed by atoms with van der Waals surface area (Å²) in [7, 11) is 0. The van der Waals surface area contributed by atoms with Crippen LogP contribution in [0.3, 0.4) is 0 Å². The third-order valence-corrected chi connectivity index (χ3v) is 5.74. The maximum absolute atomic E-state index is 12.3. The van der Waals surface area contributed by atoms with E-state index in [1.54, 1.807) is 24.3 Å². The third-order valence-electron chi connectivity index (χ3n) is 4.78. The van der Waals surface area contributed by atoms with Gasteiger partial charge in [-0.25, -0.2) is 0 Å². The molecule has 3 aromatic rings. The Bertz CT molecular complexity index is 1020. The molecule has 6 nitrogen and oxygen atoms in total. The molecule has 0 saturated carbocycles. The molecule has 0 spiro atoms. The van der Waals surface area contributed by atoms with Crippen LogP contribution < -0.4 is 5.32 Å². The number of nitrogens with zero attached hydrogens (tertiary/aromatic N) is 3. The molecule has 1 heterocycles. The SMILES string of the molecule is CCn1c(SCC(=O)Nc2ccc(C(C)=O)cc2)nnc1-c1ccc(C(C)C)cc1. The van der Waals surface area contributed by atoms with E-state index in [0.29, 0.717) is 28.9 Å². The number of thioether (sulfide) groups is 1. The number of aromatic nitrogens is 3. The minimum atomic E-state index is -0.135. The Balaban J connectivity index is 1.65. The molecular weight excluding hydrogens is 396 g/mol. The van der Waals surface area contributed by atoms with Crippen molar-refractivity contribution in [3.63, 3.8) is 0 Å². The third kappa shape index (κ3) is 5.16. The second kappa shape index (κ2) is 9.71. The van der Waals surface area contributed by atoms with Crippen molar-refractivity contribution < 1.29 is 9.59 Å². The highest BCUT2D eigenvalue weighted by atomic mass is 32.2. The first-order valence-electron chi connectivity index (χ1n) is 9.96. The second-order valence-electron chi connectivity index (χ2n) is 7.30. The lowest BCUT2D eigenvalue weighted by atomic mass is 10.0. The number of amides is 1. The van der Waals surface area contributed by atoms with E-state index >= 15 is 0 Å². The van der Waals surface area contributed by atoms with Crippen LogP contribution in [0, 0.1) is 0 Å². The number of carbonyl (C=O) groups excluding carboxylic acids is 2. The fraction of sp³-hybridized carbons (Fsp3) is 0.304. The fourth-order valence-electron chi connectivity index (χ4n) is 3.03. The molecule has 7 heteroatoms. The molecule has 0 unspecified atom stereocenters. The van der Waals surface area contributed by atoms with Gasteiger partial charge in [0.25, 0.3) is 0 Å². The number of hydrogen-bond acceptors (Lipinski definition) is 5. The molecule has 0 radical (unpaired) electrons. The molecule has 0 aliphatic heterocycles. The van der Waals surface area contributed by atoms with Gasteiger partial charge in [-0.3, -0.25) is 9.59 Å². The van der Waals surface area contributed by atoms with Gasteiger partial charge < -0.3 is 9.88 Å². The summed E-state index contributed by atoms with van der Waals surface area (Å²) in [5.74, 6) is 1.36. The number of rotatable bonds is 8. The molecule has 2 aromatic carbocycles. The van der Waals surface area contributed by atoms with Crippen LogP contribution in [0.2, 0.25) is 0 Å². The number of nitrogens with one attached hydrogen (secondary N) is 1. The summed E-state index contributed by atoms with van der Waals surface area (Å²) >= 11 is 1.35. The van der Waals surface area contributed by atoms with Gasteiger partial charge >= 0.3 is 0 Å². The number of ketones is 1. The predicted octanol–water partition coefficient (Wildman–Crippen LogP) is 5.02. The number of benzene rings is 2. The lowest BCUT2D eigenvalue weighted by Crippen LogP contribution is -2.14. The minimum absolute atomic E-state index is 0.00279. The summed E-state index contributed by atoms with van der Waals surface area (Å²) in [5, 5.41) is 12.2. The van der Waals surface area contributed by atoms with Crippen molar-refractivity contribution in [3.05, 3.63) is 59.7 Å². The standard InChI is InChI=1S/C23H26N4O2S/c1-5-27-22(19-8-6-17(7-9-19)15(2)3)25-26-23(27)30-14-21(29)24-20-12-10-18(11-13-20)16(4)28/h6-13,15H,5,14H2,1-4H3,(H,24,29). The Morgan fingerprint density at radius 1 is 1.03 bits per heavy atom. The molecule has 156 valence electrons. The van der Waals surface area contributed by atoms with Crippen molar-refractivity contribution in [1.29, 1.82) is 0 Å². The van der Waals surface area contributed by atoms with Crippen LogP contribution in [0.1, 0.15) is 49.5 Å². The molecule has 1 aromatic heterocycles. The molecule has 0 fully saturated rings. The first-order valence-corrected chi connectivity index (χ1v) is 10.9. The maximum atomic E-state index is 12.3. The van der Waals surface area contributed by atoms with Crippen molar-refractivity contribution in [2.45, 2.75) is 45.3 Å². The monoisotopic (exact) mass is 422 g/mol. The van der Waals surface area contributed by atoms with Gasteiger partial charge in [-0.15, -0.1) is 10.2 Å². The number of Topliss-reactive ketones (excluding diaryl/α,β-unsaturated/α-hetero) is 1. The highest BCUT2D eigenvalue weighted by molar-refractivity contribution is 7.99. The van der Waals surface area contributed by atoms with Gasteiger partial charge in [0, 0.05) is 23.4 Å². The van der Waals surface area contributed by atoms with Crippen molar-refractivity contribution in [2.24, 2.45) is 0 Å². The van der Waals surface area contributed by atoms with Gasteiger partial charge in [-0.05, 0) is 49.6 Å². The first-order chi connectivity index (χ1) is 14.4. The maximum Gasteiger partial charge on any atom is 0.234 e. The largest absolute Gasteiger partial charge is 0.325 e. The summed E-state index contributed by atoms with van der Waals surface area (Å²) in [6, 6.07) is 15.2. The Morgan fingerprint density at radius 3 is 2.27 bits per heavy atom. The summed E-state index contributed by atoms with van der Waals surface area (Å²) in [4.78, 5) is 23.7. The predicted molar refractivity (Wildman–Crippen MR) is 121 cm³/mol. The van der Waals surface area contributed by atoms with Crippen LogP contribution in [-0.2, 0) is 11.3 Å². The van der Waals surface area contributed by atoms with Crippen LogP contribution in [-0.4, -0.2) is 32.2 Å². The lowest BCUT2D eigenvalue weighted by molar-refractivity contribution is -0.113. The summed E-state index contributed by atoms with van der Waals surface area (Å²) < 4.78 is 2.02. The zero-order valence-electron chi connectivity index (χ0n) is 17.7. The molecule has 1 amide bonds. The van der Waals surface area contributed by atoms with E-state index in [1.807, 2.05) is 11.5 Å². The average Bonchev–Trinajstić information content (AvgIpc) is 3.15. The van der Waals surface area contributed by atoms with Crippen LogP contribution >= 0.6 is 11.8 Å². The molecule has 0 aliphatic rings. The van der Waals surface area contributed by atoms with Crippen LogP contribution in [0.5, 0.6) is 0 Å². The summed E-state index contributed by atoms with van der Waals surface area (Å²) in [6.07, 6.45) is 0. The van der Waals surface area contributed by atoms with E-state index in [-0.39, 0.29) is 17.4 Å². The molecule has 1 N–H and O–H groups in total. The van der Waals surface area contributed by atoms with Crippen molar-refractivity contribution in [3.8, 4) is 11.4 Å². The number of anilines is 1. The smallest absolute Gasteiger partial charge is 0.234 e. The van der Waals surface area contributed by atoms with E-state index < -0.39 is 0 Å². The second-order valence-corrected chi connectivity index (χ2v) is 8.24. The fourth-order valence-corrected chi connectivity index (χ4v) is 3.83. The Labute approximate surface area is 181 Å². The number of carbonyl (C=O) groups is 2. The topological polar surface area (TPSA) is 76.9 Å². The molecular formula is C23H26N4O2S. The van der Waals surface area contributed by atoms with Gasteiger partial charge in [-0.1, -0.05) is 49.9 Å². The minimum Gasteiger partial charge on any atom is -0.325 e. The van der Waals surface area contributed by atoms with Gasteiger partial charge in [0.05, 0.1) is 5.75 Å². The molecule has 30 heavy (non-hydrogen) atoms. The van der Waals surface area contributed by atoms with E-state index in [0.717, 1.165) is 11.4 Å². The van der Waals surface area contributed by atoms with E-state index in [4.69, 9.17) is 0 Å². The van der Waals surface area contributed by atoms with Crippen molar-refractivity contribution in [2.75, 3.05) is 11.1 Å². The zero-order valence-corrected chi connectivity index (χ0v) is 18.5. The Hall–Kier alpha value is -2.93. The van der Waals surface area contributed by atoms with Crippen LogP contribution in [0.4, 0.5) is 5.69 Å². The quantitative estimate of drug-likeness (QED) is 0.407. The van der Waals surface area contributed by atoms with Gasteiger partial charge in [0.15, 0.2) is 16.8 Å². The Morgan fingerprint density at radius 2 is 1.70 bits per heavy atom. The molecule has 0 saturated heterocycles. The lowest BCUT2D eigenvalue weighted by Gasteiger charge is -2.09. The molecule has 0 bridgehead atoms. The van der Waals surface area contributed by atoms with Crippen LogP contribution in [0.25, 0.3) is 11.4 Å². The van der Waals surface area contributed by atoms with Gasteiger partial charge in [-0.2, -0.15) is 0 Å². The molecule has 3 rings (SSSR count).